The Morgan fingerprint density at radius 1 is 1.00 bits per heavy atom. The highest BCUT2D eigenvalue weighted by Gasteiger charge is 2.24. The van der Waals surface area contributed by atoms with E-state index in [9.17, 15) is 0 Å². The standard InChI is InChI=1S/C17H17NO2/c1-12-11-19-17(20-12)10-18-15-8-4-2-6-13(15)14-7-3-5-9-16(14)18/h2-9,12,17H,10-11H2,1H3/t12-,17-/m1/s1. The van der Waals surface area contributed by atoms with E-state index in [4.69, 9.17) is 9.47 Å². The normalized spacial score (nSPS) is 22.9. The molecule has 20 heavy (non-hydrogen) atoms. The first-order valence-corrected chi connectivity index (χ1v) is 7.06. The van der Waals surface area contributed by atoms with E-state index >= 15 is 0 Å². The Morgan fingerprint density at radius 3 is 2.15 bits per heavy atom. The Bertz CT molecular complexity index is 709. The number of benzene rings is 2. The SMILES string of the molecule is C[C@@H]1CO[C@@H](Cn2c3ccccc3c3ccccc32)O1. The van der Waals surface area contributed by atoms with Crippen molar-refractivity contribution in [2.45, 2.75) is 25.9 Å². The first-order valence-electron chi connectivity index (χ1n) is 7.06. The van der Waals surface area contributed by atoms with Gasteiger partial charge in [-0.05, 0) is 19.1 Å². The van der Waals surface area contributed by atoms with Gasteiger partial charge in [0.2, 0.25) is 0 Å². The van der Waals surface area contributed by atoms with Gasteiger partial charge in [0, 0.05) is 21.8 Å². The van der Waals surface area contributed by atoms with Crippen LogP contribution in [0.4, 0.5) is 0 Å². The van der Waals surface area contributed by atoms with E-state index in [0.717, 1.165) is 6.54 Å². The van der Waals surface area contributed by atoms with Crippen molar-refractivity contribution in [1.82, 2.24) is 4.57 Å². The van der Waals surface area contributed by atoms with Crippen molar-refractivity contribution in [3.8, 4) is 0 Å². The highest BCUT2D eigenvalue weighted by molar-refractivity contribution is 6.07. The fourth-order valence-corrected chi connectivity index (χ4v) is 3.03. The van der Waals surface area contributed by atoms with Crippen LogP contribution in [0.3, 0.4) is 0 Å². The molecule has 0 aliphatic carbocycles. The Labute approximate surface area is 117 Å². The van der Waals surface area contributed by atoms with Gasteiger partial charge in [-0.25, -0.2) is 0 Å². The number of ether oxygens (including phenoxy) is 2. The molecule has 2 heterocycles. The summed E-state index contributed by atoms with van der Waals surface area (Å²) in [5.74, 6) is 0. The van der Waals surface area contributed by atoms with Crippen LogP contribution in [-0.2, 0) is 16.0 Å². The van der Waals surface area contributed by atoms with E-state index in [0.29, 0.717) is 6.61 Å². The number of rotatable bonds is 2. The Morgan fingerprint density at radius 2 is 1.60 bits per heavy atom. The van der Waals surface area contributed by atoms with Gasteiger partial charge in [-0.15, -0.1) is 0 Å². The van der Waals surface area contributed by atoms with Gasteiger partial charge in [-0.3, -0.25) is 0 Å². The fourth-order valence-electron chi connectivity index (χ4n) is 3.03. The van der Waals surface area contributed by atoms with Gasteiger partial charge in [-0.1, -0.05) is 36.4 Å². The lowest BCUT2D eigenvalue weighted by atomic mass is 10.2. The first-order chi connectivity index (χ1) is 9.83. The topological polar surface area (TPSA) is 23.4 Å². The van der Waals surface area contributed by atoms with Crippen molar-refractivity contribution >= 4 is 21.8 Å². The Hall–Kier alpha value is -1.84. The monoisotopic (exact) mass is 267 g/mol. The summed E-state index contributed by atoms with van der Waals surface area (Å²) in [4.78, 5) is 0. The van der Waals surface area contributed by atoms with Crippen LogP contribution in [0.2, 0.25) is 0 Å². The third-order valence-electron chi connectivity index (χ3n) is 3.91. The molecule has 0 amide bonds. The predicted octanol–water partition coefficient (Wildman–Crippen LogP) is 3.56. The zero-order chi connectivity index (χ0) is 13.5. The summed E-state index contributed by atoms with van der Waals surface area (Å²) >= 11 is 0. The van der Waals surface area contributed by atoms with Crippen molar-refractivity contribution in [1.29, 1.82) is 0 Å². The van der Waals surface area contributed by atoms with Crippen LogP contribution < -0.4 is 0 Å². The van der Waals surface area contributed by atoms with E-state index in [-0.39, 0.29) is 12.4 Å². The van der Waals surface area contributed by atoms with E-state index in [2.05, 4.69) is 53.1 Å². The Kier molecular flexibility index (Phi) is 2.76. The van der Waals surface area contributed by atoms with Crippen LogP contribution in [0.15, 0.2) is 48.5 Å². The summed E-state index contributed by atoms with van der Waals surface area (Å²) in [7, 11) is 0. The minimum Gasteiger partial charge on any atom is -0.348 e. The molecule has 1 aliphatic rings. The van der Waals surface area contributed by atoms with Gasteiger partial charge in [0.05, 0.1) is 19.3 Å². The van der Waals surface area contributed by atoms with Gasteiger partial charge in [0.1, 0.15) is 0 Å². The molecule has 0 spiro atoms. The predicted molar refractivity (Wildman–Crippen MR) is 79.7 cm³/mol. The molecule has 3 nitrogen and oxygen atoms in total. The summed E-state index contributed by atoms with van der Waals surface area (Å²) in [6, 6.07) is 17.0. The molecule has 3 heteroatoms. The largest absolute Gasteiger partial charge is 0.348 e. The number of hydrogen-bond donors (Lipinski definition) is 0. The van der Waals surface area contributed by atoms with Gasteiger partial charge in [0.25, 0.3) is 0 Å². The maximum atomic E-state index is 5.79. The summed E-state index contributed by atoms with van der Waals surface area (Å²) in [5, 5.41) is 2.57. The van der Waals surface area contributed by atoms with Crippen molar-refractivity contribution < 1.29 is 9.47 Å². The van der Waals surface area contributed by atoms with Gasteiger partial charge >= 0.3 is 0 Å². The van der Waals surface area contributed by atoms with Crippen molar-refractivity contribution in [2.75, 3.05) is 6.61 Å². The average Bonchev–Trinajstić information content (AvgIpc) is 3.03. The second-order valence-corrected chi connectivity index (χ2v) is 5.35. The number of para-hydroxylation sites is 2. The molecule has 1 saturated heterocycles. The maximum Gasteiger partial charge on any atom is 0.175 e. The molecule has 0 bridgehead atoms. The molecule has 102 valence electrons. The minimum atomic E-state index is -0.149. The number of fused-ring (bicyclic) bond motifs is 3. The summed E-state index contributed by atoms with van der Waals surface area (Å²) in [6.45, 7) is 3.46. The lowest BCUT2D eigenvalue weighted by Crippen LogP contribution is -2.17. The molecule has 0 saturated carbocycles. The van der Waals surface area contributed by atoms with E-state index < -0.39 is 0 Å². The smallest absolute Gasteiger partial charge is 0.175 e. The van der Waals surface area contributed by atoms with E-state index in [1.807, 2.05) is 6.92 Å². The molecule has 0 N–H and O–H groups in total. The second-order valence-electron chi connectivity index (χ2n) is 5.35. The molecule has 1 aliphatic heterocycles. The van der Waals surface area contributed by atoms with Crippen LogP contribution in [0.5, 0.6) is 0 Å². The molecule has 0 radical (unpaired) electrons. The number of hydrogen-bond acceptors (Lipinski definition) is 2. The van der Waals surface area contributed by atoms with Crippen LogP contribution in [0.25, 0.3) is 21.8 Å². The molecule has 3 aromatic rings. The number of aromatic nitrogens is 1. The van der Waals surface area contributed by atoms with E-state index in [1.54, 1.807) is 0 Å². The molecule has 0 unspecified atom stereocenters. The van der Waals surface area contributed by atoms with Gasteiger partial charge in [0.15, 0.2) is 6.29 Å². The number of nitrogens with zero attached hydrogens (tertiary/aromatic N) is 1. The van der Waals surface area contributed by atoms with Gasteiger partial charge < -0.3 is 14.0 Å². The highest BCUT2D eigenvalue weighted by Crippen LogP contribution is 2.29. The molecular weight excluding hydrogens is 250 g/mol. The molecule has 1 fully saturated rings. The molecular formula is C17H17NO2. The summed E-state index contributed by atoms with van der Waals surface area (Å²) in [5.41, 5.74) is 2.47. The van der Waals surface area contributed by atoms with Crippen molar-refractivity contribution in [3.05, 3.63) is 48.5 Å². The minimum absolute atomic E-state index is 0.149. The van der Waals surface area contributed by atoms with E-state index in [1.165, 1.54) is 21.8 Å². The van der Waals surface area contributed by atoms with Crippen LogP contribution >= 0.6 is 0 Å². The lowest BCUT2D eigenvalue weighted by molar-refractivity contribution is -0.0633. The van der Waals surface area contributed by atoms with Gasteiger partial charge in [-0.2, -0.15) is 0 Å². The molecule has 4 rings (SSSR count). The first kappa shape index (κ1) is 11.9. The van der Waals surface area contributed by atoms with Crippen molar-refractivity contribution in [2.24, 2.45) is 0 Å². The van der Waals surface area contributed by atoms with Crippen LogP contribution in [0, 0.1) is 0 Å². The fraction of sp³-hybridized carbons (Fsp3) is 0.294. The van der Waals surface area contributed by atoms with Crippen molar-refractivity contribution in [3.63, 3.8) is 0 Å². The van der Waals surface area contributed by atoms with Crippen LogP contribution in [0.1, 0.15) is 6.92 Å². The third kappa shape index (κ3) is 1.82. The summed E-state index contributed by atoms with van der Waals surface area (Å²) in [6.07, 6.45) is 0.0392. The zero-order valence-corrected chi connectivity index (χ0v) is 11.5. The zero-order valence-electron chi connectivity index (χ0n) is 11.5. The quantitative estimate of drug-likeness (QED) is 0.708. The Balaban J connectivity index is 1.87. The summed E-state index contributed by atoms with van der Waals surface area (Å²) < 4.78 is 13.8. The maximum absolute atomic E-state index is 5.79. The second kappa shape index (κ2) is 4.62. The average molecular weight is 267 g/mol. The molecule has 2 atom stereocenters. The molecule has 2 aromatic carbocycles. The lowest BCUT2D eigenvalue weighted by Gasteiger charge is -2.13. The highest BCUT2D eigenvalue weighted by atomic mass is 16.7. The third-order valence-corrected chi connectivity index (χ3v) is 3.91. The molecule has 1 aromatic heterocycles. The van der Waals surface area contributed by atoms with Crippen LogP contribution in [-0.4, -0.2) is 23.6 Å².